The average molecular weight is 345 g/mol. The Hall–Kier alpha value is -0.800. The highest BCUT2D eigenvalue weighted by Crippen LogP contribution is 2.21. The fraction of sp³-hybridized carbons (Fsp3) is 1.00. The molecule has 0 rings (SSSR count). The summed E-state index contributed by atoms with van der Waals surface area (Å²) in [5.74, 6) is 1.88. The fourth-order valence-electron chi connectivity index (χ4n) is 2.88. The minimum atomic E-state index is 0.352. The maximum atomic E-state index is 11.8. The molecule has 0 heterocycles. The molecular weight excluding hydrogens is 302 g/mol. The second-order valence-electron chi connectivity index (χ2n) is 7.81. The van der Waals surface area contributed by atoms with Gasteiger partial charge in [-0.1, -0.05) is 80.1 Å². The summed E-state index contributed by atoms with van der Waals surface area (Å²) in [5, 5.41) is 0.352. The summed E-state index contributed by atoms with van der Waals surface area (Å²) in [6, 6.07) is 0. The zero-order valence-electron chi connectivity index (χ0n) is 17.1. The van der Waals surface area contributed by atoms with E-state index in [1.165, 1.54) is 38.5 Å². The molecule has 24 heavy (non-hydrogen) atoms. The first-order valence-electron chi connectivity index (χ1n) is 10.1. The topological polar surface area (TPSA) is 38.5 Å². The van der Waals surface area contributed by atoms with Crippen LogP contribution in [0, 0.1) is 28.6 Å². The highest BCUT2D eigenvalue weighted by Gasteiger charge is 2.23. The van der Waals surface area contributed by atoms with Crippen LogP contribution in [0.5, 0.6) is 0 Å². The molecule has 4 heteroatoms. The van der Waals surface area contributed by atoms with E-state index in [1.54, 1.807) is 0 Å². The highest BCUT2D eigenvalue weighted by atomic mass is 17.0. The Morgan fingerprint density at radius 3 is 1.38 bits per heavy atom. The molecule has 0 saturated carbocycles. The van der Waals surface area contributed by atoms with Gasteiger partial charge in [0.05, 0.1) is 0 Å². The predicted octanol–water partition coefficient (Wildman–Crippen LogP) is 6.33. The third kappa shape index (κ3) is 11.7. The summed E-state index contributed by atoms with van der Waals surface area (Å²) in [6.07, 6.45) is 9.57. The van der Waals surface area contributed by atoms with Crippen molar-refractivity contribution < 1.29 is 14.8 Å². The molecule has 0 aliphatic heterocycles. The number of hydrogen-bond acceptors (Lipinski definition) is 3. The number of rotatable bonds is 16. The Morgan fingerprint density at radius 1 is 0.708 bits per heavy atom. The molecule has 4 nitrogen and oxygen atoms in total. The van der Waals surface area contributed by atoms with Crippen LogP contribution in [0.1, 0.15) is 92.9 Å². The Bertz CT molecular complexity index is 277. The second-order valence-corrected chi connectivity index (χ2v) is 7.81. The molecule has 0 amide bonds. The van der Waals surface area contributed by atoms with Crippen molar-refractivity contribution >= 4 is 0 Å². The summed E-state index contributed by atoms with van der Waals surface area (Å²) < 4.78 is 0. The first-order chi connectivity index (χ1) is 11.4. The van der Waals surface area contributed by atoms with Crippen molar-refractivity contribution in [3.05, 3.63) is 4.91 Å². The minimum Gasteiger partial charge on any atom is -0.186 e. The van der Waals surface area contributed by atoms with Crippen molar-refractivity contribution in [2.24, 2.45) is 23.7 Å². The molecule has 0 fully saturated rings. The zero-order chi connectivity index (χ0) is 18.4. The van der Waals surface area contributed by atoms with E-state index < -0.39 is 0 Å². The smallest absolute Gasteiger partial charge is 0.186 e. The maximum Gasteiger partial charge on any atom is 0.477 e. The van der Waals surface area contributed by atoms with Crippen LogP contribution in [0.3, 0.4) is 0 Å². The molecule has 2 atom stereocenters. The Labute approximate surface area is 150 Å². The minimum absolute atomic E-state index is 0.352. The SMILES string of the molecule is CCCCCC(CO[N+](=O)OCC(CCCCC)C(C)C)C(C)C. The summed E-state index contributed by atoms with van der Waals surface area (Å²) in [4.78, 5) is 22.4. The maximum absolute atomic E-state index is 11.8. The molecule has 2 unspecified atom stereocenters. The van der Waals surface area contributed by atoms with Gasteiger partial charge in [0.25, 0.3) is 0 Å². The lowest BCUT2D eigenvalue weighted by atomic mass is 9.91. The summed E-state index contributed by atoms with van der Waals surface area (Å²) in [6.45, 7) is 14.1. The quantitative estimate of drug-likeness (QED) is 0.242. The molecular formula is C20H42NO3+. The van der Waals surface area contributed by atoms with Gasteiger partial charge in [-0.25, -0.2) is 0 Å². The third-order valence-corrected chi connectivity index (χ3v) is 5.03. The van der Waals surface area contributed by atoms with E-state index in [4.69, 9.17) is 9.68 Å². The molecule has 0 aromatic carbocycles. The molecule has 0 aliphatic rings. The number of hydrogen-bond donors (Lipinski definition) is 0. The fourth-order valence-corrected chi connectivity index (χ4v) is 2.88. The van der Waals surface area contributed by atoms with Crippen molar-refractivity contribution in [2.45, 2.75) is 92.9 Å². The van der Waals surface area contributed by atoms with Crippen LogP contribution < -0.4 is 0 Å². The second kappa shape index (κ2) is 14.5. The van der Waals surface area contributed by atoms with E-state index in [2.05, 4.69) is 41.5 Å². The monoisotopic (exact) mass is 344 g/mol. The highest BCUT2D eigenvalue weighted by molar-refractivity contribution is 4.62. The van der Waals surface area contributed by atoms with Crippen LogP contribution >= 0.6 is 0 Å². The van der Waals surface area contributed by atoms with Crippen molar-refractivity contribution in [1.82, 2.24) is 0 Å². The lowest BCUT2D eigenvalue weighted by Crippen LogP contribution is -2.24. The Morgan fingerprint density at radius 2 is 1.08 bits per heavy atom. The van der Waals surface area contributed by atoms with Crippen molar-refractivity contribution in [3.63, 3.8) is 0 Å². The van der Waals surface area contributed by atoms with E-state index in [-0.39, 0.29) is 0 Å². The molecule has 0 aromatic heterocycles. The average Bonchev–Trinajstić information content (AvgIpc) is 2.53. The van der Waals surface area contributed by atoms with Crippen LogP contribution in [-0.4, -0.2) is 18.3 Å². The molecule has 0 N–H and O–H groups in total. The van der Waals surface area contributed by atoms with Gasteiger partial charge >= 0.3 is 5.09 Å². The van der Waals surface area contributed by atoms with Crippen molar-refractivity contribution in [2.75, 3.05) is 13.2 Å². The van der Waals surface area contributed by atoms with Crippen molar-refractivity contribution in [3.8, 4) is 0 Å². The number of unbranched alkanes of at least 4 members (excludes halogenated alkanes) is 4. The Balaban J connectivity index is 4.11. The van der Waals surface area contributed by atoms with E-state index in [0.29, 0.717) is 42.0 Å². The molecule has 0 aromatic rings. The van der Waals surface area contributed by atoms with Gasteiger partial charge in [0.1, 0.15) is 4.91 Å². The largest absolute Gasteiger partial charge is 0.477 e. The summed E-state index contributed by atoms with van der Waals surface area (Å²) >= 11 is 0. The van der Waals surface area contributed by atoms with Crippen LogP contribution in [0.2, 0.25) is 0 Å². The van der Waals surface area contributed by atoms with Gasteiger partial charge in [-0.05, 0) is 24.7 Å². The van der Waals surface area contributed by atoms with Crippen LogP contribution in [0.15, 0.2) is 0 Å². The van der Waals surface area contributed by atoms with Crippen molar-refractivity contribution in [1.29, 1.82) is 0 Å². The molecule has 0 bridgehead atoms. The van der Waals surface area contributed by atoms with E-state index >= 15 is 0 Å². The Kier molecular flexibility index (Phi) is 14.1. The van der Waals surface area contributed by atoms with Crippen LogP contribution in [0.25, 0.3) is 0 Å². The van der Waals surface area contributed by atoms with E-state index in [0.717, 1.165) is 12.8 Å². The zero-order valence-corrected chi connectivity index (χ0v) is 17.1. The third-order valence-electron chi connectivity index (χ3n) is 5.03. The molecule has 0 spiro atoms. The first-order valence-corrected chi connectivity index (χ1v) is 10.1. The molecule has 144 valence electrons. The van der Waals surface area contributed by atoms with Crippen LogP contribution in [0.4, 0.5) is 0 Å². The van der Waals surface area contributed by atoms with Gasteiger partial charge in [0.15, 0.2) is 13.2 Å². The summed E-state index contributed by atoms with van der Waals surface area (Å²) in [5.41, 5.74) is 0. The molecule has 0 saturated heterocycles. The van der Waals surface area contributed by atoms with Gasteiger partial charge in [0, 0.05) is 11.8 Å². The lowest BCUT2D eigenvalue weighted by molar-refractivity contribution is -0.983. The normalized spacial score (nSPS) is 14.0. The van der Waals surface area contributed by atoms with Gasteiger partial charge in [-0.15, -0.1) is 0 Å². The van der Waals surface area contributed by atoms with E-state index in [9.17, 15) is 4.91 Å². The molecule has 0 aliphatic carbocycles. The van der Waals surface area contributed by atoms with Gasteiger partial charge in [0.2, 0.25) is 0 Å². The van der Waals surface area contributed by atoms with Gasteiger partial charge < -0.3 is 0 Å². The standard InChI is InChI=1S/C20H42NO3/c1-7-9-11-13-19(17(3)4)15-23-21(22)24-16-20(18(5)6)14-12-10-8-2/h17-20H,7-16H2,1-6H3/q+1. The lowest BCUT2D eigenvalue weighted by Gasteiger charge is -2.18. The number of nitrogens with zero attached hydrogens (tertiary/aromatic N) is 1. The van der Waals surface area contributed by atoms with E-state index in [1.807, 2.05) is 0 Å². The first kappa shape index (κ1) is 23.2. The van der Waals surface area contributed by atoms with Gasteiger partial charge in [-0.3, -0.25) is 0 Å². The van der Waals surface area contributed by atoms with Gasteiger partial charge in [-0.2, -0.15) is 9.68 Å². The molecule has 0 radical (unpaired) electrons. The summed E-state index contributed by atoms with van der Waals surface area (Å²) in [7, 11) is 0. The van der Waals surface area contributed by atoms with Crippen LogP contribution in [-0.2, 0) is 9.68 Å². The predicted molar refractivity (Wildman–Crippen MR) is 100 cm³/mol.